The summed E-state index contributed by atoms with van der Waals surface area (Å²) >= 11 is 1.33. The van der Waals surface area contributed by atoms with Crippen molar-refractivity contribution in [1.29, 1.82) is 0 Å². The highest BCUT2D eigenvalue weighted by Crippen LogP contribution is 2.25. The highest BCUT2D eigenvalue weighted by molar-refractivity contribution is 7.14. The standard InChI is InChI=1S/C22H23N5O3S/c1-15(19(28)26-22-25-18(14-31-22)16-6-3-2-4-7-16)30-20(29)17-8-12-27(13-9-17)21-23-10-5-11-24-21/h2-7,10-11,14-15,17H,8-9,12-13H2,1H3,(H,25,26,28). The zero-order valence-corrected chi connectivity index (χ0v) is 17.9. The molecule has 1 amide bonds. The molecule has 1 aromatic carbocycles. The smallest absolute Gasteiger partial charge is 0.309 e. The first kappa shape index (κ1) is 20.9. The number of anilines is 2. The highest BCUT2D eigenvalue weighted by atomic mass is 32.1. The molecule has 3 heterocycles. The van der Waals surface area contributed by atoms with Crippen molar-refractivity contribution in [3.8, 4) is 11.3 Å². The van der Waals surface area contributed by atoms with Gasteiger partial charge >= 0.3 is 5.97 Å². The molecule has 1 fully saturated rings. The fraction of sp³-hybridized carbons (Fsp3) is 0.318. The molecule has 0 bridgehead atoms. The van der Waals surface area contributed by atoms with Crippen molar-refractivity contribution in [3.05, 3.63) is 54.2 Å². The number of nitrogens with zero attached hydrogens (tertiary/aromatic N) is 4. The molecule has 1 unspecified atom stereocenters. The van der Waals surface area contributed by atoms with E-state index in [0.29, 0.717) is 37.0 Å². The Balaban J connectivity index is 1.26. The van der Waals surface area contributed by atoms with E-state index in [9.17, 15) is 9.59 Å². The Bertz CT molecular complexity index is 1020. The summed E-state index contributed by atoms with van der Waals surface area (Å²) < 4.78 is 5.43. The van der Waals surface area contributed by atoms with Crippen molar-refractivity contribution in [2.45, 2.75) is 25.9 Å². The Hall–Kier alpha value is -3.33. The van der Waals surface area contributed by atoms with Crippen LogP contribution in [-0.2, 0) is 14.3 Å². The molecule has 31 heavy (non-hydrogen) atoms. The van der Waals surface area contributed by atoms with Crippen LogP contribution in [0.3, 0.4) is 0 Å². The van der Waals surface area contributed by atoms with Gasteiger partial charge in [0, 0.05) is 36.4 Å². The van der Waals surface area contributed by atoms with Gasteiger partial charge in [-0.05, 0) is 25.8 Å². The maximum atomic E-state index is 12.5. The number of amides is 1. The van der Waals surface area contributed by atoms with E-state index in [1.54, 1.807) is 25.4 Å². The molecule has 1 N–H and O–H groups in total. The Morgan fingerprint density at radius 3 is 2.55 bits per heavy atom. The number of carbonyl (C=O) groups is 2. The minimum Gasteiger partial charge on any atom is -0.452 e. The molecule has 0 radical (unpaired) electrons. The summed E-state index contributed by atoms with van der Waals surface area (Å²) in [7, 11) is 0. The fourth-order valence-corrected chi connectivity index (χ4v) is 4.10. The number of hydrogen-bond donors (Lipinski definition) is 1. The van der Waals surface area contributed by atoms with Gasteiger partial charge in [0.1, 0.15) is 0 Å². The monoisotopic (exact) mass is 437 g/mol. The van der Waals surface area contributed by atoms with Gasteiger partial charge in [-0.15, -0.1) is 11.3 Å². The van der Waals surface area contributed by atoms with Crippen molar-refractivity contribution in [1.82, 2.24) is 15.0 Å². The maximum absolute atomic E-state index is 12.5. The van der Waals surface area contributed by atoms with Crippen LogP contribution >= 0.6 is 11.3 Å². The summed E-state index contributed by atoms with van der Waals surface area (Å²) in [5.41, 5.74) is 1.77. The molecular weight excluding hydrogens is 414 g/mol. The quantitative estimate of drug-likeness (QED) is 0.590. The molecule has 0 saturated carbocycles. The number of rotatable bonds is 6. The van der Waals surface area contributed by atoms with Crippen LogP contribution in [0.2, 0.25) is 0 Å². The Labute approximate surface area is 184 Å². The molecular formula is C22H23N5O3S. The Kier molecular flexibility index (Phi) is 6.51. The van der Waals surface area contributed by atoms with Gasteiger partial charge in [-0.1, -0.05) is 30.3 Å². The van der Waals surface area contributed by atoms with Gasteiger partial charge < -0.3 is 9.64 Å². The lowest BCUT2D eigenvalue weighted by Gasteiger charge is -2.31. The summed E-state index contributed by atoms with van der Waals surface area (Å²) in [4.78, 5) is 40.0. The van der Waals surface area contributed by atoms with Gasteiger partial charge in [-0.25, -0.2) is 15.0 Å². The van der Waals surface area contributed by atoms with Crippen LogP contribution in [0.15, 0.2) is 54.2 Å². The van der Waals surface area contributed by atoms with Crippen LogP contribution in [0.1, 0.15) is 19.8 Å². The predicted octanol–water partition coefficient (Wildman–Crippen LogP) is 3.39. The average molecular weight is 438 g/mol. The molecule has 1 aliphatic heterocycles. The van der Waals surface area contributed by atoms with Gasteiger partial charge in [0.05, 0.1) is 11.6 Å². The average Bonchev–Trinajstić information content (AvgIpc) is 3.29. The van der Waals surface area contributed by atoms with Crippen LogP contribution in [0, 0.1) is 5.92 Å². The number of aromatic nitrogens is 3. The number of ether oxygens (including phenoxy) is 1. The van der Waals surface area contributed by atoms with Gasteiger partial charge in [-0.3, -0.25) is 14.9 Å². The van der Waals surface area contributed by atoms with E-state index in [-0.39, 0.29) is 11.9 Å². The number of nitrogens with one attached hydrogen (secondary N) is 1. The Morgan fingerprint density at radius 1 is 1.13 bits per heavy atom. The van der Waals surface area contributed by atoms with Gasteiger partial charge in [0.2, 0.25) is 5.95 Å². The normalized spacial score (nSPS) is 15.3. The van der Waals surface area contributed by atoms with E-state index in [1.807, 2.05) is 40.6 Å². The lowest BCUT2D eigenvalue weighted by molar-refractivity contribution is -0.157. The molecule has 4 rings (SSSR count). The molecule has 0 aliphatic carbocycles. The van der Waals surface area contributed by atoms with Crippen LogP contribution in [0.5, 0.6) is 0 Å². The summed E-state index contributed by atoms with van der Waals surface area (Å²) in [6.45, 7) is 2.92. The maximum Gasteiger partial charge on any atom is 0.309 e. The van der Waals surface area contributed by atoms with E-state index in [1.165, 1.54) is 11.3 Å². The molecule has 9 heteroatoms. The number of benzene rings is 1. The second-order valence-electron chi connectivity index (χ2n) is 7.28. The van der Waals surface area contributed by atoms with Gasteiger partial charge in [0.15, 0.2) is 11.2 Å². The molecule has 1 saturated heterocycles. The summed E-state index contributed by atoms with van der Waals surface area (Å²) in [6.07, 6.45) is 3.78. The molecule has 0 spiro atoms. The first-order valence-corrected chi connectivity index (χ1v) is 11.0. The van der Waals surface area contributed by atoms with Crippen molar-refractivity contribution < 1.29 is 14.3 Å². The molecule has 2 aromatic heterocycles. The van der Waals surface area contributed by atoms with Crippen molar-refractivity contribution >= 4 is 34.3 Å². The van der Waals surface area contributed by atoms with Crippen LogP contribution in [-0.4, -0.2) is 46.0 Å². The third-order valence-electron chi connectivity index (χ3n) is 5.13. The number of hydrogen-bond acceptors (Lipinski definition) is 8. The van der Waals surface area contributed by atoms with Crippen molar-refractivity contribution in [2.75, 3.05) is 23.3 Å². The molecule has 1 aliphatic rings. The lowest BCUT2D eigenvalue weighted by atomic mass is 9.97. The summed E-state index contributed by atoms with van der Waals surface area (Å²) in [5, 5.41) is 5.09. The topological polar surface area (TPSA) is 97.3 Å². The Morgan fingerprint density at radius 2 is 1.84 bits per heavy atom. The highest BCUT2D eigenvalue weighted by Gasteiger charge is 2.29. The van der Waals surface area contributed by atoms with E-state index < -0.39 is 12.0 Å². The molecule has 160 valence electrons. The largest absolute Gasteiger partial charge is 0.452 e. The van der Waals surface area contributed by atoms with E-state index in [4.69, 9.17) is 4.74 Å². The third-order valence-corrected chi connectivity index (χ3v) is 5.89. The van der Waals surface area contributed by atoms with Crippen molar-refractivity contribution in [3.63, 3.8) is 0 Å². The predicted molar refractivity (Wildman–Crippen MR) is 119 cm³/mol. The van der Waals surface area contributed by atoms with Crippen LogP contribution < -0.4 is 10.2 Å². The van der Waals surface area contributed by atoms with Gasteiger partial charge in [0.25, 0.3) is 5.91 Å². The van der Waals surface area contributed by atoms with Gasteiger partial charge in [-0.2, -0.15) is 0 Å². The van der Waals surface area contributed by atoms with E-state index in [2.05, 4.69) is 20.3 Å². The molecule has 8 nitrogen and oxygen atoms in total. The van der Waals surface area contributed by atoms with Crippen molar-refractivity contribution in [2.24, 2.45) is 5.92 Å². The number of piperidine rings is 1. The second kappa shape index (κ2) is 9.65. The summed E-state index contributed by atoms with van der Waals surface area (Å²) in [5.74, 6) is -0.307. The number of esters is 1. The second-order valence-corrected chi connectivity index (χ2v) is 8.14. The zero-order valence-electron chi connectivity index (χ0n) is 17.1. The van der Waals surface area contributed by atoms with Crippen LogP contribution in [0.4, 0.5) is 11.1 Å². The van der Waals surface area contributed by atoms with E-state index in [0.717, 1.165) is 11.3 Å². The number of carbonyl (C=O) groups excluding carboxylic acids is 2. The molecule has 3 aromatic rings. The third kappa shape index (κ3) is 5.24. The number of thiazole rings is 1. The fourth-order valence-electron chi connectivity index (χ4n) is 3.37. The first-order valence-electron chi connectivity index (χ1n) is 10.1. The zero-order chi connectivity index (χ0) is 21.6. The minimum absolute atomic E-state index is 0.236. The van der Waals surface area contributed by atoms with Crippen LogP contribution in [0.25, 0.3) is 11.3 Å². The molecule has 1 atom stereocenters. The lowest BCUT2D eigenvalue weighted by Crippen LogP contribution is -2.39. The summed E-state index contributed by atoms with van der Waals surface area (Å²) in [6, 6.07) is 11.5. The first-order chi connectivity index (χ1) is 15.1. The SMILES string of the molecule is CC(OC(=O)C1CCN(c2ncccn2)CC1)C(=O)Nc1nc(-c2ccccc2)cs1. The van der Waals surface area contributed by atoms with E-state index >= 15 is 0 Å². The minimum atomic E-state index is -0.896.